The lowest BCUT2D eigenvalue weighted by atomic mass is 9.78. The average molecular weight is 468 g/mol. The minimum absolute atomic E-state index is 0.259. The molecule has 8 heteroatoms. The number of halogens is 2. The van der Waals surface area contributed by atoms with Crippen LogP contribution < -0.4 is 20.3 Å². The second kappa shape index (κ2) is 7.76. The van der Waals surface area contributed by atoms with Crippen molar-refractivity contribution in [3.63, 3.8) is 0 Å². The van der Waals surface area contributed by atoms with Gasteiger partial charge in [0.2, 0.25) is 5.91 Å². The first-order valence-corrected chi connectivity index (χ1v) is 10.9. The zero-order valence-corrected chi connectivity index (χ0v) is 18.6. The van der Waals surface area contributed by atoms with Crippen LogP contribution in [0.2, 0.25) is 5.02 Å². The van der Waals surface area contributed by atoms with E-state index in [1.807, 2.05) is 24.3 Å². The molecule has 1 saturated heterocycles. The smallest absolute Gasteiger partial charge is 0.236 e. The SMILES string of the molecule is C[C@@]12Oc3ccccc3[C@@H](NC(=S)N1c1cccc(F)c1)[C@@H]2C(=O)Nc1ccc(Cl)cc1. The lowest BCUT2D eigenvalue weighted by molar-refractivity contribution is -0.130. The molecule has 1 fully saturated rings. The molecule has 5 rings (SSSR count). The van der Waals surface area contributed by atoms with Crippen LogP contribution in [0.15, 0.2) is 72.8 Å². The number of anilines is 2. The van der Waals surface area contributed by atoms with E-state index in [1.165, 1.54) is 12.1 Å². The molecule has 3 aromatic carbocycles. The van der Waals surface area contributed by atoms with E-state index in [0.29, 0.717) is 27.3 Å². The van der Waals surface area contributed by atoms with Gasteiger partial charge in [0.05, 0.1) is 6.04 Å². The predicted molar refractivity (Wildman–Crippen MR) is 126 cm³/mol. The van der Waals surface area contributed by atoms with Crippen LogP contribution in [0.25, 0.3) is 0 Å². The van der Waals surface area contributed by atoms with Gasteiger partial charge >= 0.3 is 0 Å². The number of thiocarbonyl (C=S) groups is 1. The lowest BCUT2D eigenvalue weighted by Crippen LogP contribution is -2.72. The molecule has 0 saturated carbocycles. The maximum Gasteiger partial charge on any atom is 0.236 e. The molecule has 0 aliphatic carbocycles. The number of hydrogen-bond acceptors (Lipinski definition) is 3. The Labute approximate surface area is 195 Å². The molecule has 2 aliphatic rings. The summed E-state index contributed by atoms with van der Waals surface area (Å²) in [5.74, 6) is -0.727. The molecule has 2 bridgehead atoms. The van der Waals surface area contributed by atoms with Gasteiger partial charge in [-0.2, -0.15) is 0 Å². The molecule has 0 radical (unpaired) electrons. The number of carbonyl (C=O) groups is 1. The standard InChI is InChI=1S/C24H19ClFN3O2S/c1-24-20(22(30)27-16-11-9-14(25)10-12-16)21(18-7-2-3-8-19(18)31-24)28-23(32)29(24)17-6-4-5-15(26)13-17/h2-13,20-21H,1H3,(H,27,30)(H,28,32)/t20-,21-,24+/m1/s1. The third-order valence-electron chi connectivity index (χ3n) is 5.87. The first-order valence-electron chi connectivity index (χ1n) is 10.1. The van der Waals surface area contributed by atoms with Crippen molar-refractivity contribution in [2.45, 2.75) is 18.7 Å². The van der Waals surface area contributed by atoms with Crippen LogP contribution in [-0.2, 0) is 4.79 Å². The number of amides is 1. The number of carbonyl (C=O) groups excluding carboxylic acids is 1. The number of benzene rings is 3. The average Bonchev–Trinajstić information content (AvgIpc) is 2.74. The van der Waals surface area contributed by atoms with Crippen molar-refractivity contribution in [3.8, 4) is 5.75 Å². The van der Waals surface area contributed by atoms with Gasteiger partial charge in [-0.1, -0.05) is 35.9 Å². The first-order chi connectivity index (χ1) is 15.4. The van der Waals surface area contributed by atoms with Gasteiger partial charge < -0.3 is 15.4 Å². The molecule has 2 heterocycles. The summed E-state index contributed by atoms with van der Waals surface area (Å²) in [5, 5.41) is 7.19. The number of nitrogens with zero attached hydrogens (tertiary/aromatic N) is 1. The topological polar surface area (TPSA) is 53.6 Å². The highest BCUT2D eigenvalue weighted by molar-refractivity contribution is 7.80. The summed E-state index contributed by atoms with van der Waals surface area (Å²) in [6.45, 7) is 1.81. The van der Waals surface area contributed by atoms with E-state index < -0.39 is 23.5 Å². The molecule has 32 heavy (non-hydrogen) atoms. The summed E-state index contributed by atoms with van der Waals surface area (Å²) in [6.07, 6.45) is 0. The summed E-state index contributed by atoms with van der Waals surface area (Å²) >= 11 is 11.6. The van der Waals surface area contributed by atoms with E-state index in [4.69, 9.17) is 28.6 Å². The molecule has 3 atom stereocenters. The molecule has 5 nitrogen and oxygen atoms in total. The monoisotopic (exact) mass is 467 g/mol. The summed E-state index contributed by atoms with van der Waals surface area (Å²) in [4.78, 5) is 15.3. The van der Waals surface area contributed by atoms with E-state index in [0.717, 1.165) is 5.56 Å². The highest BCUT2D eigenvalue weighted by atomic mass is 35.5. The summed E-state index contributed by atoms with van der Waals surface area (Å²) in [6, 6.07) is 20.1. The second-order valence-corrected chi connectivity index (χ2v) is 8.73. The van der Waals surface area contributed by atoms with Crippen molar-refractivity contribution in [1.82, 2.24) is 5.32 Å². The molecule has 0 spiro atoms. The third-order valence-corrected chi connectivity index (χ3v) is 6.42. The van der Waals surface area contributed by atoms with Crippen molar-refractivity contribution in [2.75, 3.05) is 10.2 Å². The third kappa shape index (κ3) is 3.38. The number of rotatable bonds is 3. The van der Waals surface area contributed by atoms with E-state index in [-0.39, 0.29) is 5.91 Å². The fraction of sp³-hybridized carbons (Fsp3) is 0.167. The first kappa shape index (κ1) is 20.7. The minimum Gasteiger partial charge on any atom is -0.467 e. The number of fused-ring (bicyclic) bond motifs is 4. The van der Waals surface area contributed by atoms with Crippen molar-refractivity contribution < 1.29 is 13.9 Å². The number of hydrogen-bond donors (Lipinski definition) is 2. The summed E-state index contributed by atoms with van der Waals surface area (Å²) < 4.78 is 20.5. The van der Waals surface area contributed by atoms with Gasteiger partial charge in [0.15, 0.2) is 10.8 Å². The van der Waals surface area contributed by atoms with Gasteiger partial charge in [0, 0.05) is 22.0 Å². The Bertz CT molecular complexity index is 1220. The molecule has 0 unspecified atom stereocenters. The molecular formula is C24H19ClFN3O2S. The van der Waals surface area contributed by atoms with Crippen molar-refractivity contribution in [2.24, 2.45) is 5.92 Å². The van der Waals surface area contributed by atoms with Crippen LogP contribution in [-0.4, -0.2) is 16.7 Å². The maximum absolute atomic E-state index is 14.1. The summed E-state index contributed by atoms with van der Waals surface area (Å²) in [7, 11) is 0. The Kier molecular flexibility index (Phi) is 5.03. The number of ether oxygens (including phenoxy) is 1. The molecule has 2 N–H and O–H groups in total. The molecule has 2 aliphatic heterocycles. The molecular weight excluding hydrogens is 449 g/mol. The quantitative estimate of drug-likeness (QED) is 0.513. The Morgan fingerprint density at radius 3 is 2.66 bits per heavy atom. The van der Waals surface area contributed by atoms with Crippen LogP contribution in [0.5, 0.6) is 5.75 Å². The van der Waals surface area contributed by atoms with Gasteiger partial charge in [-0.25, -0.2) is 4.39 Å². The highest BCUT2D eigenvalue weighted by Gasteiger charge is 2.59. The van der Waals surface area contributed by atoms with Crippen LogP contribution in [0.1, 0.15) is 18.5 Å². The number of para-hydroxylation sites is 1. The van der Waals surface area contributed by atoms with Gasteiger partial charge in [-0.3, -0.25) is 9.69 Å². The van der Waals surface area contributed by atoms with Gasteiger partial charge in [-0.15, -0.1) is 0 Å². The fourth-order valence-electron chi connectivity index (χ4n) is 4.49. The minimum atomic E-state index is -1.20. The van der Waals surface area contributed by atoms with E-state index in [2.05, 4.69) is 10.6 Å². The van der Waals surface area contributed by atoms with Crippen LogP contribution in [0.3, 0.4) is 0 Å². The largest absolute Gasteiger partial charge is 0.467 e. The maximum atomic E-state index is 14.1. The Hall–Kier alpha value is -3.16. The second-order valence-electron chi connectivity index (χ2n) is 7.91. The van der Waals surface area contributed by atoms with Gasteiger partial charge in [0.25, 0.3) is 0 Å². The van der Waals surface area contributed by atoms with Crippen LogP contribution in [0.4, 0.5) is 15.8 Å². The zero-order chi connectivity index (χ0) is 22.5. The molecule has 162 valence electrons. The summed E-state index contributed by atoms with van der Waals surface area (Å²) in [5.41, 5.74) is 0.737. The van der Waals surface area contributed by atoms with Crippen molar-refractivity contribution >= 4 is 46.2 Å². The number of nitrogens with one attached hydrogen (secondary N) is 2. The Balaban J connectivity index is 1.61. The van der Waals surface area contributed by atoms with E-state index in [1.54, 1.807) is 48.2 Å². The molecule has 0 aromatic heterocycles. The van der Waals surface area contributed by atoms with E-state index in [9.17, 15) is 9.18 Å². The van der Waals surface area contributed by atoms with Crippen molar-refractivity contribution in [1.29, 1.82) is 0 Å². The van der Waals surface area contributed by atoms with Crippen LogP contribution in [0, 0.1) is 11.7 Å². The molecule has 3 aromatic rings. The Morgan fingerprint density at radius 2 is 1.91 bits per heavy atom. The van der Waals surface area contributed by atoms with Gasteiger partial charge in [-0.05, 0) is 67.7 Å². The normalized spacial score (nSPS) is 23.6. The van der Waals surface area contributed by atoms with E-state index >= 15 is 0 Å². The lowest BCUT2D eigenvalue weighted by Gasteiger charge is -2.56. The highest BCUT2D eigenvalue weighted by Crippen LogP contribution is 2.49. The zero-order valence-electron chi connectivity index (χ0n) is 17.0. The van der Waals surface area contributed by atoms with Crippen molar-refractivity contribution in [3.05, 3.63) is 89.2 Å². The van der Waals surface area contributed by atoms with Crippen LogP contribution >= 0.6 is 23.8 Å². The van der Waals surface area contributed by atoms with Gasteiger partial charge in [0.1, 0.15) is 17.5 Å². The Morgan fingerprint density at radius 1 is 1.16 bits per heavy atom. The fourth-order valence-corrected chi connectivity index (χ4v) is 5.03. The molecule has 1 amide bonds. The predicted octanol–water partition coefficient (Wildman–Crippen LogP) is 5.28.